The fraction of sp³-hybridized carbons (Fsp3) is 0.643. The maximum absolute atomic E-state index is 5.82. The van der Waals surface area contributed by atoms with Crippen LogP contribution < -0.4 is 10.6 Å². The van der Waals surface area contributed by atoms with Crippen LogP contribution in [-0.2, 0) is 6.54 Å². The monoisotopic (exact) mass is 248 g/mol. The summed E-state index contributed by atoms with van der Waals surface area (Å²) in [7, 11) is 0. The second-order valence-electron chi connectivity index (χ2n) is 5.06. The van der Waals surface area contributed by atoms with Crippen molar-refractivity contribution in [1.29, 1.82) is 0 Å². The highest BCUT2D eigenvalue weighted by Crippen LogP contribution is 2.21. The smallest absolute Gasteiger partial charge is 0.133 e. The minimum absolute atomic E-state index is 0.561. The molecule has 2 rings (SSSR count). The summed E-state index contributed by atoms with van der Waals surface area (Å²) in [5, 5.41) is 0. The molecule has 2 N–H and O–H groups in total. The predicted molar refractivity (Wildman–Crippen MR) is 75.8 cm³/mol. The lowest BCUT2D eigenvalue weighted by molar-refractivity contribution is 0.199. The van der Waals surface area contributed by atoms with Crippen LogP contribution in [0.1, 0.15) is 25.1 Å². The number of aryl methyl sites for hydroxylation is 1. The van der Waals surface area contributed by atoms with Gasteiger partial charge in [0.1, 0.15) is 5.82 Å². The summed E-state index contributed by atoms with van der Waals surface area (Å²) in [6.45, 7) is 11.4. The molecule has 0 aliphatic carbocycles. The zero-order valence-electron chi connectivity index (χ0n) is 11.7. The Bertz CT molecular complexity index is 405. The fourth-order valence-corrected chi connectivity index (χ4v) is 2.66. The van der Waals surface area contributed by atoms with Crippen LogP contribution in [0, 0.1) is 6.92 Å². The highest BCUT2D eigenvalue weighted by atomic mass is 15.3. The third kappa shape index (κ3) is 2.65. The van der Waals surface area contributed by atoms with Crippen molar-refractivity contribution in [3.63, 3.8) is 0 Å². The zero-order chi connectivity index (χ0) is 13.1. The molecule has 1 aliphatic rings. The molecule has 1 atom stereocenters. The van der Waals surface area contributed by atoms with Gasteiger partial charge in [0.25, 0.3) is 0 Å². The third-order valence-electron chi connectivity index (χ3n) is 3.79. The van der Waals surface area contributed by atoms with Gasteiger partial charge in [-0.3, -0.25) is 4.90 Å². The van der Waals surface area contributed by atoms with Gasteiger partial charge in [-0.15, -0.1) is 0 Å². The zero-order valence-corrected chi connectivity index (χ0v) is 11.7. The lowest BCUT2D eigenvalue weighted by atomic mass is 10.1. The van der Waals surface area contributed by atoms with Gasteiger partial charge in [-0.2, -0.15) is 0 Å². The van der Waals surface area contributed by atoms with Crippen molar-refractivity contribution in [2.75, 3.05) is 31.1 Å². The molecular formula is C14H24N4. The molecule has 0 bridgehead atoms. The van der Waals surface area contributed by atoms with E-state index in [-0.39, 0.29) is 0 Å². The lowest BCUT2D eigenvalue weighted by Crippen LogP contribution is -2.52. The van der Waals surface area contributed by atoms with Gasteiger partial charge in [-0.25, -0.2) is 4.98 Å². The van der Waals surface area contributed by atoms with Crippen LogP contribution in [0.25, 0.3) is 0 Å². The summed E-state index contributed by atoms with van der Waals surface area (Å²) in [6.07, 6.45) is 0. The highest BCUT2D eigenvalue weighted by molar-refractivity contribution is 5.48. The van der Waals surface area contributed by atoms with E-state index in [1.807, 2.05) is 13.0 Å². The first-order valence-electron chi connectivity index (χ1n) is 6.81. The van der Waals surface area contributed by atoms with Crippen LogP contribution in [0.3, 0.4) is 0 Å². The number of pyridine rings is 1. The Labute approximate surface area is 110 Å². The molecule has 1 aromatic rings. The van der Waals surface area contributed by atoms with E-state index in [9.17, 15) is 0 Å². The summed E-state index contributed by atoms with van der Waals surface area (Å²) in [4.78, 5) is 9.57. The standard InChI is InChI=1S/C14H24N4/c1-4-17-7-8-18(10-12(17)3)14-13(9-15)6-5-11(2)16-14/h5-6,12H,4,7-10,15H2,1-3H3. The van der Waals surface area contributed by atoms with E-state index < -0.39 is 0 Å². The van der Waals surface area contributed by atoms with Crippen molar-refractivity contribution in [3.05, 3.63) is 23.4 Å². The SMILES string of the molecule is CCN1CCN(c2nc(C)ccc2CN)CC1C. The van der Waals surface area contributed by atoms with E-state index in [0.717, 1.165) is 43.3 Å². The van der Waals surface area contributed by atoms with Crippen molar-refractivity contribution >= 4 is 5.82 Å². The maximum Gasteiger partial charge on any atom is 0.133 e. The number of hydrogen-bond donors (Lipinski definition) is 1. The predicted octanol–water partition coefficient (Wildman–Crippen LogP) is 1.38. The molecule has 4 heteroatoms. The van der Waals surface area contributed by atoms with Gasteiger partial charge in [0.2, 0.25) is 0 Å². The molecule has 1 fully saturated rings. The van der Waals surface area contributed by atoms with Crippen LogP contribution >= 0.6 is 0 Å². The Morgan fingerprint density at radius 3 is 2.78 bits per heavy atom. The number of likely N-dealkylation sites (N-methyl/N-ethyl adjacent to an activating group) is 1. The van der Waals surface area contributed by atoms with Crippen molar-refractivity contribution in [2.24, 2.45) is 5.73 Å². The lowest BCUT2D eigenvalue weighted by Gasteiger charge is -2.40. The first kappa shape index (κ1) is 13.3. The van der Waals surface area contributed by atoms with Crippen molar-refractivity contribution in [3.8, 4) is 0 Å². The largest absolute Gasteiger partial charge is 0.353 e. The van der Waals surface area contributed by atoms with E-state index in [0.29, 0.717) is 12.6 Å². The molecule has 1 unspecified atom stereocenters. The average molecular weight is 248 g/mol. The van der Waals surface area contributed by atoms with Crippen molar-refractivity contribution < 1.29 is 0 Å². The number of aromatic nitrogens is 1. The van der Waals surface area contributed by atoms with Crippen LogP contribution in [0.5, 0.6) is 0 Å². The van der Waals surface area contributed by atoms with Crippen LogP contribution in [0.4, 0.5) is 5.82 Å². The van der Waals surface area contributed by atoms with Gasteiger partial charge in [-0.1, -0.05) is 13.0 Å². The molecule has 100 valence electrons. The molecule has 0 saturated carbocycles. The Hall–Kier alpha value is -1.13. The first-order valence-corrected chi connectivity index (χ1v) is 6.81. The maximum atomic E-state index is 5.82. The normalized spacial score (nSPS) is 21.3. The molecule has 1 aliphatic heterocycles. The summed E-state index contributed by atoms with van der Waals surface area (Å²) in [5.74, 6) is 1.08. The average Bonchev–Trinajstić information content (AvgIpc) is 2.38. The van der Waals surface area contributed by atoms with Gasteiger partial charge < -0.3 is 10.6 Å². The molecule has 0 amide bonds. The number of hydrogen-bond acceptors (Lipinski definition) is 4. The Morgan fingerprint density at radius 1 is 1.39 bits per heavy atom. The van der Waals surface area contributed by atoms with Crippen LogP contribution in [-0.4, -0.2) is 42.1 Å². The van der Waals surface area contributed by atoms with Gasteiger partial charge in [0, 0.05) is 43.5 Å². The summed E-state index contributed by atoms with van der Waals surface area (Å²) < 4.78 is 0. The van der Waals surface area contributed by atoms with Crippen molar-refractivity contribution in [1.82, 2.24) is 9.88 Å². The quantitative estimate of drug-likeness (QED) is 0.878. The number of nitrogens with zero attached hydrogens (tertiary/aromatic N) is 3. The van der Waals surface area contributed by atoms with Gasteiger partial charge in [-0.05, 0) is 26.5 Å². The molecule has 2 heterocycles. The molecular weight excluding hydrogens is 224 g/mol. The minimum atomic E-state index is 0.561. The van der Waals surface area contributed by atoms with Crippen LogP contribution in [0.2, 0.25) is 0 Å². The molecule has 4 nitrogen and oxygen atoms in total. The number of piperazine rings is 1. The molecule has 1 saturated heterocycles. The summed E-state index contributed by atoms with van der Waals surface area (Å²) >= 11 is 0. The Balaban J connectivity index is 2.19. The summed E-state index contributed by atoms with van der Waals surface area (Å²) in [5.41, 5.74) is 8.03. The van der Waals surface area contributed by atoms with E-state index in [1.165, 1.54) is 0 Å². The van der Waals surface area contributed by atoms with Crippen LogP contribution in [0.15, 0.2) is 12.1 Å². The van der Waals surface area contributed by atoms with Crippen molar-refractivity contribution in [2.45, 2.75) is 33.4 Å². The number of anilines is 1. The Morgan fingerprint density at radius 2 is 2.17 bits per heavy atom. The van der Waals surface area contributed by atoms with E-state index in [1.54, 1.807) is 0 Å². The van der Waals surface area contributed by atoms with Gasteiger partial charge in [0.15, 0.2) is 0 Å². The van der Waals surface area contributed by atoms with Gasteiger partial charge in [0.05, 0.1) is 0 Å². The van der Waals surface area contributed by atoms with Gasteiger partial charge >= 0.3 is 0 Å². The highest BCUT2D eigenvalue weighted by Gasteiger charge is 2.24. The molecule has 0 aromatic carbocycles. The first-order chi connectivity index (χ1) is 8.65. The minimum Gasteiger partial charge on any atom is -0.353 e. The number of rotatable bonds is 3. The fourth-order valence-electron chi connectivity index (χ4n) is 2.66. The Kier molecular flexibility index (Phi) is 4.19. The third-order valence-corrected chi connectivity index (χ3v) is 3.79. The summed E-state index contributed by atoms with van der Waals surface area (Å²) in [6, 6.07) is 4.73. The molecule has 18 heavy (non-hydrogen) atoms. The second-order valence-corrected chi connectivity index (χ2v) is 5.06. The van der Waals surface area contributed by atoms with E-state index >= 15 is 0 Å². The second kappa shape index (κ2) is 5.67. The molecule has 0 radical (unpaired) electrons. The van der Waals surface area contributed by atoms with E-state index in [2.05, 4.69) is 34.7 Å². The topological polar surface area (TPSA) is 45.4 Å². The number of nitrogens with two attached hydrogens (primary N) is 1. The molecule has 1 aromatic heterocycles. The van der Waals surface area contributed by atoms with E-state index in [4.69, 9.17) is 5.73 Å². The molecule has 0 spiro atoms.